The van der Waals surface area contributed by atoms with Gasteiger partial charge in [-0.05, 0) is 111 Å². The number of unbranched alkanes of at least 4 members (excludes halogenated alkanes) is 4. The van der Waals surface area contributed by atoms with Gasteiger partial charge in [0.25, 0.3) is 11.8 Å². The summed E-state index contributed by atoms with van der Waals surface area (Å²) in [6.45, 7) is 15.0. The molecule has 266 valence electrons. The van der Waals surface area contributed by atoms with E-state index in [0.29, 0.717) is 34.3 Å². The van der Waals surface area contributed by atoms with Crippen LogP contribution in [0.3, 0.4) is 0 Å². The van der Waals surface area contributed by atoms with Crippen molar-refractivity contribution >= 4 is 40.2 Å². The fourth-order valence-electron chi connectivity index (χ4n) is 8.47. The van der Waals surface area contributed by atoms with E-state index in [0.717, 1.165) is 35.3 Å². The Kier molecular flexibility index (Phi) is 10.0. The van der Waals surface area contributed by atoms with E-state index in [9.17, 15) is 9.59 Å². The van der Waals surface area contributed by atoms with E-state index in [-0.39, 0.29) is 17.2 Å². The third kappa shape index (κ3) is 6.06. The Bertz CT molecular complexity index is 2090. The van der Waals surface area contributed by atoms with Gasteiger partial charge in [0.1, 0.15) is 11.3 Å². The van der Waals surface area contributed by atoms with Crippen LogP contribution >= 0.6 is 22.7 Å². The zero-order chi connectivity index (χ0) is 36.0. The van der Waals surface area contributed by atoms with Crippen LogP contribution in [0.1, 0.15) is 143 Å². The van der Waals surface area contributed by atoms with Gasteiger partial charge in [0, 0.05) is 20.0 Å². The Labute approximate surface area is 311 Å². The standard InChI is InChI=1S/C45H51NO3S2/c1-8-11-13-14-16-32-18-20-33(21-19-32)45(26-31(10-3)15-12-9-2)35-24-29(6)50-41(35)42-36(45)25-37(51-42)40-39-38(30(7)49-40)43(47)46(44(39)48)34-22-17-27(4)28(5)23-34/h17-25,31H,8-16,26H2,1-7H3. The molecule has 0 N–H and O–H groups in total. The molecule has 1 aliphatic carbocycles. The second kappa shape index (κ2) is 14.4. The molecule has 3 aromatic heterocycles. The molecule has 0 spiro atoms. The Morgan fingerprint density at radius 3 is 2.16 bits per heavy atom. The zero-order valence-corrected chi connectivity index (χ0v) is 33.0. The summed E-state index contributed by atoms with van der Waals surface area (Å²) in [5.74, 6) is 0.976. The molecular formula is C45H51NO3S2. The summed E-state index contributed by atoms with van der Waals surface area (Å²) in [5.41, 5.74) is 8.77. The lowest BCUT2D eigenvalue weighted by atomic mass is 9.67. The van der Waals surface area contributed by atoms with Crippen LogP contribution in [0.25, 0.3) is 20.4 Å². The van der Waals surface area contributed by atoms with Gasteiger partial charge in [-0.2, -0.15) is 0 Å². The molecule has 0 bridgehead atoms. The molecule has 6 heteroatoms. The number of furan rings is 1. The van der Waals surface area contributed by atoms with Crippen molar-refractivity contribution in [3.05, 3.63) is 110 Å². The number of carbonyl (C=O) groups is 2. The van der Waals surface area contributed by atoms with Crippen LogP contribution in [0.15, 0.2) is 59.0 Å². The number of hydrogen-bond donors (Lipinski definition) is 0. The van der Waals surface area contributed by atoms with E-state index < -0.39 is 0 Å². The average molecular weight is 718 g/mol. The van der Waals surface area contributed by atoms with E-state index >= 15 is 0 Å². The van der Waals surface area contributed by atoms with Crippen molar-refractivity contribution in [1.29, 1.82) is 0 Å². The largest absolute Gasteiger partial charge is 0.459 e. The highest BCUT2D eigenvalue weighted by Gasteiger charge is 2.49. The molecule has 7 rings (SSSR count). The SMILES string of the molecule is CCCCCCc1ccc(C2(CC(CC)CCCC)c3cc(C)sc3-c3sc(-c4oc(C)c5c4C(=O)N(c4ccc(C)c(C)c4)C5=O)cc32)cc1. The molecule has 0 saturated carbocycles. The normalized spacial score (nSPS) is 17.0. The molecule has 1 aliphatic heterocycles. The van der Waals surface area contributed by atoms with Gasteiger partial charge < -0.3 is 4.42 Å². The monoisotopic (exact) mass is 717 g/mol. The number of rotatable bonds is 14. The number of thiophene rings is 2. The zero-order valence-electron chi connectivity index (χ0n) is 31.3. The molecule has 51 heavy (non-hydrogen) atoms. The van der Waals surface area contributed by atoms with E-state index in [2.05, 4.69) is 64.1 Å². The number of anilines is 1. The molecule has 0 fully saturated rings. The topological polar surface area (TPSA) is 50.5 Å². The summed E-state index contributed by atoms with van der Waals surface area (Å²) < 4.78 is 6.42. The van der Waals surface area contributed by atoms with Gasteiger partial charge in [-0.3, -0.25) is 9.59 Å². The molecule has 5 aromatic rings. The van der Waals surface area contributed by atoms with Crippen LogP contribution in [0.2, 0.25) is 0 Å². The minimum atomic E-state index is -0.308. The van der Waals surface area contributed by atoms with Crippen LogP contribution in [0.4, 0.5) is 5.69 Å². The van der Waals surface area contributed by atoms with Gasteiger partial charge in [0.15, 0.2) is 5.76 Å². The number of fused-ring (bicyclic) bond motifs is 4. The van der Waals surface area contributed by atoms with Crippen molar-refractivity contribution in [3.63, 3.8) is 0 Å². The van der Waals surface area contributed by atoms with Crippen LogP contribution < -0.4 is 4.90 Å². The van der Waals surface area contributed by atoms with Crippen LogP contribution in [0, 0.1) is 33.6 Å². The number of aryl methyl sites for hydroxylation is 5. The number of nitrogens with zero attached hydrogens (tertiary/aromatic N) is 1. The highest BCUT2D eigenvalue weighted by Crippen LogP contribution is 2.62. The maximum atomic E-state index is 14.2. The quantitative estimate of drug-likeness (QED) is 0.0849. The van der Waals surface area contributed by atoms with Crippen molar-refractivity contribution < 1.29 is 14.0 Å². The molecule has 2 aromatic carbocycles. The van der Waals surface area contributed by atoms with E-state index in [4.69, 9.17) is 4.42 Å². The Morgan fingerprint density at radius 2 is 1.45 bits per heavy atom. The summed E-state index contributed by atoms with van der Waals surface area (Å²) >= 11 is 3.60. The summed E-state index contributed by atoms with van der Waals surface area (Å²) in [5, 5.41) is 0. The minimum absolute atomic E-state index is 0.296. The van der Waals surface area contributed by atoms with Gasteiger partial charge in [-0.15, -0.1) is 22.7 Å². The predicted molar refractivity (Wildman–Crippen MR) is 214 cm³/mol. The first-order valence-electron chi connectivity index (χ1n) is 19.1. The third-order valence-corrected chi connectivity index (χ3v) is 13.9. The Morgan fingerprint density at radius 1 is 0.745 bits per heavy atom. The lowest BCUT2D eigenvalue weighted by Gasteiger charge is -2.35. The molecule has 4 heterocycles. The molecule has 4 nitrogen and oxygen atoms in total. The van der Waals surface area contributed by atoms with Crippen LogP contribution in [-0.2, 0) is 11.8 Å². The van der Waals surface area contributed by atoms with Gasteiger partial charge in [-0.1, -0.05) is 96.0 Å². The van der Waals surface area contributed by atoms with E-state index in [1.54, 1.807) is 11.3 Å². The van der Waals surface area contributed by atoms with E-state index in [1.165, 1.54) is 86.7 Å². The second-order valence-electron chi connectivity index (χ2n) is 14.9. The van der Waals surface area contributed by atoms with Gasteiger partial charge in [-0.25, -0.2) is 4.90 Å². The fourth-order valence-corrected chi connectivity index (χ4v) is 10.9. The second-order valence-corrected chi connectivity index (χ2v) is 17.2. The average Bonchev–Trinajstić information content (AvgIpc) is 3.91. The highest BCUT2D eigenvalue weighted by atomic mass is 32.1. The molecule has 2 atom stereocenters. The number of carbonyl (C=O) groups excluding carboxylic acids is 2. The fraction of sp³-hybridized carbons (Fsp3) is 0.422. The lowest BCUT2D eigenvalue weighted by molar-refractivity contribution is 0.0923. The molecule has 2 aliphatic rings. The van der Waals surface area contributed by atoms with Gasteiger partial charge >= 0.3 is 0 Å². The van der Waals surface area contributed by atoms with Crippen molar-refractivity contribution in [3.8, 4) is 20.4 Å². The maximum absolute atomic E-state index is 14.2. The smallest absolute Gasteiger partial charge is 0.270 e. The summed E-state index contributed by atoms with van der Waals surface area (Å²) in [6.07, 6.45) is 12.0. The first-order chi connectivity index (χ1) is 24.6. The number of amides is 2. The number of hydrogen-bond acceptors (Lipinski definition) is 5. The molecular weight excluding hydrogens is 667 g/mol. The highest BCUT2D eigenvalue weighted by molar-refractivity contribution is 7.24. The summed E-state index contributed by atoms with van der Waals surface area (Å²) in [6, 6.07) is 20.1. The Hall–Kier alpha value is -3.74. The van der Waals surface area contributed by atoms with E-state index in [1.807, 2.05) is 50.3 Å². The van der Waals surface area contributed by atoms with Crippen molar-refractivity contribution in [2.75, 3.05) is 4.90 Å². The predicted octanol–water partition coefficient (Wildman–Crippen LogP) is 13.1. The summed E-state index contributed by atoms with van der Waals surface area (Å²) in [7, 11) is 0. The first-order valence-corrected chi connectivity index (χ1v) is 20.7. The van der Waals surface area contributed by atoms with Crippen molar-refractivity contribution in [2.24, 2.45) is 5.92 Å². The molecule has 0 radical (unpaired) electrons. The van der Waals surface area contributed by atoms with Crippen LogP contribution in [0.5, 0.6) is 0 Å². The van der Waals surface area contributed by atoms with Gasteiger partial charge in [0.05, 0.1) is 16.1 Å². The molecule has 0 saturated heterocycles. The molecule has 2 unspecified atom stereocenters. The number of imide groups is 1. The molecule has 2 amide bonds. The van der Waals surface area contributed by atoms with Crippen LogP contribution in [-0.4, -0.2) is 11.8 Å². The summed E-state index contributed by atoms with van der Waals surface area (Å²) in [4.78, 5) is 34.3. The van der Waals surface area contributed by atoms with Crippen molar-refractivity contribution in [1.82, 2.24) is 0 Å². The minimum Gasteiger partial charge on any atom is -0.459 e. The number of benzene rings is 2. The van der Waals surface area contributed by atoms with Crippen molar-refractivity contribution in [2.45, 2.75) is 118 Å². The maximum Gasteiger partial charge on any atom is 0.270 e. The third-order valence-electron chi connectivity index (χ3n) is 11.5. The lowest BCUT2D eigenvalue weighted by Crippen LogP contribution is -2.30. The Balaban J connectivity index is 1.35. The first kappa shape index (κ1) is 35.7. The van der Waals surface area contributed by atoms with Gasteiger partial charge in [0.2, 0.25) is 0 Å².